The third-order valence-corrected chi connectivity index (χ3v) is 5.90. The van der Waals surface area contributed by atoms with Gasteiger partial charge in [0.25, 0.3) is 0 Å². The fourth-order valence-electron chi connectivity index (χ4n) is 4.27. The highest BCUT2D eigenvalue weighted by Crippen LogP contribution is 2.27. The normalized spacial score (nSPS) is 17.6. The maximum absolute atomic E-state index is 12.6. The summed E-state index contributed by atoms with van der Waals surface area (Å²) in [5.74, 6) is 1.61. The van der Waals surface area contributed by atoms with Gasteiger partial charge in [-0.15, -0.1) is 0 Å². The molecule has 4 rings (SSSR count). The van der Waals surface area contributed by atoms with Gasteiger partial charge in [-0.2, -0.15) is 5.10 Å². The summed E-state index contributed by atoms with van der Waals surface area (Å²) in [5, 5.41) is 7.83. The number of hydrogen-bond acceptors (Lipinski definition) is 5. The Labute approximate surface area is 166 Å². The van der Waals surface area contributed by atoms with Gasteiger partial charge in [0.1, 0.15) is 5.82 Å². The highest BCUT2D eigenvalue weighted by molar-refractivity contribution is 5.76. The lowest BCUT2D eigenvalue weighted by Gasteiger charge is -2.31. The molecule has 4 heterocycles. The Hall–Kier alpha value is -2.28. The first-order chi connectivity index (χ1) is 13.6. The first-order valence-electron chi connectivity index (χ1n) is 10.4. The SMILES string of the molecule is Cc1cc(C)n(CCCC(=O)N2CCC(c3ncc4c(n3)CCNC4)CC2)n1. The maximum atomic E-state index is 12.6. The van der Waals surface area contributed by atoms with E-state index in [9.17, 15) is 4.79 Å². The Bertz CT molecular complexity index is 837. The predicted octanol–water partition coefficient (Wildman–Crippen LogP) is 2.12. The van der Waals surface area contributed by atoms with Gasteiger partial charge in [-0.3, -0.25) is 9.48 Å². The topological polar surface area (TPSA) is 75.9 Å². The lowest BCUT2D eigenvalue weighted by Crippen LogP contribution is -2.38. The molecule has 150 valence electrons. The number of carbonyl (C=O) groups is 1. The molecule has 0 spiro atoms. The van der Waals surface area contributed by atoms with Crippen molar-refractivity contribution in [2.24, 2.45) is 0 Å². The first kappa shape index (κ1) is 19.1. The second-order valence-electron chi connectivity index (χ2n) is 8.04. The highest BCUT2D eigenvalue weighted by atomic mass is 16.2. The lowest BCUT2D eigenvalue weighted by molar-refractivity contribution is -0.132. The Balaban J connectivity index is 1.25. The van der Waals surface area contributed by atoms with Crippen LogP contribution < -0.4 is 5.32 Å². The smallest absolute Gasteiger partial charge is 0.222 e. The van der Waals surface area contributed by atoms with Crippen molar-refractivity contribution in [2.75, 3.05) is 19.6 Å². The van der Waals surface area contributed by atoms with Gasteiger partial charge >= 0.3 is 0 Å². The summed E-state index contributed by atoms with van der Waals surface area (Å²) >= 11 is 0. The second kappa shape index (κ2) is 8.39. The third kappa shape index (κ3) is 4.24. The zero-order chi connectivity index (χ0) is 19.5. The van der Waals surface area contributed by atoms with Crippen LogP contribution in [0.1, 0.15) is 60.1 Å². The summed E-state index contributed by atoms with van der Waals surface area (Å²) in [6.45, 7) is 8.36. The fraction of sp³-hybridized carbons (Fsp3) is 0.619. The Morgan fingerprint density at radius 3 is 2.86 bits per heavy atom. The van der Waals surface area contributed by atoms with E-state index in [4.69, 9.17) is 4.98 Å². The monoisotopic (exact) mass is 382 g/mol. The van der Waals surface area contributed by atoms with Crippen LogP contribution in [0.3, 0.4) is 0 Å². The third-order valence-electron chi connectivity index (χ3n) is 5.90. The van der Waals surface area contributed by atoms with Gasteiger partial charge in [-0.05, 0) is 39.2 Å². The van der Waals surface area contributed by atoms with Gasteiger partial charge < -0.3 is 10.2 Å². The van der Waals surface area contributed by atoms with Crippen LogP contribution >= 0.6 is 0 Å². The van der Waals surface area contributed by atoms with E-state index in [1.165, 1.54) is 11.3 Å². The van der Waals surface area contributed by atoms with E-state index in [0.717, 1.165) is 75.6 Å². The summed E-state index contributed by atoms with van der Waals surface area (Å²) in [7, 11) is 0. The Morgan fingerprint density at radius 1 is 1.29 bits per heavy atom. The van der Waals surface area contributed by atoms with Crippen molar-refractivity contribution in [2.45, 2.75) is 65.0 Å². The average Bonchev–Trinajstić information content (AvgIpc) is 3.04. The summed E-state index contributed by atoms with van der Waals surface area (Å²) in [6, 6.07) is 2.08. The minimum atomic E-state index is 0.261. The molecule has 2 aliphatic rings. The van der Waals surface area contributed by atoms with Crippen LogP contribution in [-0.2, 0) is 24.3 Å². The number of hydrogen-bond donors (Lipinski definition) is 1. The molecule has 0 bridgehead atoms. The van der Waals surface area contributed by atoms with Crippen molar-refractivity contribution < 1.29 is 4.79 Å². The molecule has 0 radical (unpaired) electrons. The van der Waals surface area contributed by atoms with Crippen molar-refractivity contribution in [3.05, 3.63) is 40.7 Å². The van der Waals surface area contributed by atoms with Gasteiger partial charge in [0, 0.05) is 74.6 Å². The second-order valence-corrected chi connectivity index (χ2v) is 8.04. The molecule has 0 saturated carbocycles. The van der Waals surface area contributed by atoms with E-state index in [1.54, 1.807) is 0 Å². The van der Waals surface area contributed by atoms with E-state index < -0.39 is 0 Å². The molecule has 2 aliphatic heterocycles. The summed E-state index contributed by atoms with van der Waals surface area (Å²) < 4.78 is 2.00. The van der Waals surface area contributed by atoms with Gasteiger partial charge in [0.2, 0.25) is 5.91 Å². The van der Waals surface area contributed by atoms with Crippen LogP contribution in [0.4, 0.5) is 0 Å². The zero-order valence-electron chi connectivity index (χ0n) is 16.9. The number of rotatable bonds is 5. The maximum Gasteiger partial charge on any atom is 0.222 e. The highest BCUT2D eigenvalue weighted by Gasteiger charge is 2.26. The average molecular weight is 383 g/mol. The van der Waals surface area contributed by atoms with Crippen molar-refractivity contribution in [1.82, 2.24) is 30.0 Å². The number of amides is 1. The van der Waals surface area contributed by atoms with Gasteiger partial charge in [-0.25, -0.2) is 9.97 Å². The quantitative estimate of drug-likeness (QED) is 0.857. The van der Waals surface area contributed by atoms with E-state index >= 15 is 0 Å². The van der Waals surface area contributed by atoms with E-state index in [2.05, 4.69) is 28.4 Å². The van der Waals surface area contributed by atoms with E-state index in [1.807, 2.05) is 22.7 Å². The van der Waals surface area contributed by atoms with Gasteiger partial charge in [0.05, 0.1) is 5.69 Å². The molecule has 2 aromatic heterocycles. The number of nitrogens with one attached hydrogen (secondary N) is 1. The summed E-state index contributed by atoms with van der Waals surface area (Å²) in [5.41, 5.74) is 4.62. The molecular formula is C21H30N6O. The predicted molar refractivity (Wildman–Crippen MR) is 107 cm³/mol. The van der Waals surface area contributed by atoms with E-state index in [0.29, 0.717) is 12.3 Å². The number of carbonyl (C=O) groups excluding carboxylic acids is 1. The molecular weight excluding hydrogens is 352 g/mol. The number of aromatic nitrogens is 4. The molecule has 1 amide bonds. The van der Waals surface area contributed by atoms with Crippen LogP contribution in [0.15, 0.2) is 12.3 Å². The lowest BCUT2D eigenvalue weighted by atomic mass is 9.95. The van der Waals surface area contributed by atoms with Gasteiger partial charge in [-0.1, -0.05) is 0 Å². The summed E-state index contributed by atoms with van der Waals surface area (Å²) in [6.07, 6.45) is 6.31. The number of piperidine rings is 1. The molecule has 0 atom stereocenters. The Kier molecular flexibility index (Phi) is 5.71. The van der Waals surface area contributed by atoms with Crippen LogP contribution in [-0.4, -0.2) is 50.2 Å². The summed E-state index contributed by atoms with van der Waals surface area (Å²) in [4.78, 5) is 24.0. The molecule has 0 aromatic carbocycles. The number of aryl methyl sites for hydroxylation is 3. The number of likely N-dealkylation sites (tertiary alicyclic amines) is 1. The molecule has 1 saturated heterocycles. The van der Waals surface area contributed by atoms with E-state index in [-0.39, 0.29) is 5.91 Å². The molecule has 0 unspecified atom stereocenters. The molecule has 2 aromatic rings. The van der Waals surface area contributed by atoms with Crippen molar-refractivity contribution in [1.29, 1.82) is 0 Å². The van der Waals surface area contributed by atoms with Gasteiger partial charge in [0.15, 0.2) is 0 Å². The molecule has 1 fully saturated rings. The van der Waals surface area contributed by atoms with Crippen LogP contribution in [0.2, 0.25) is 0 Å². The minimum Gasteiger partial charge on any atom is -0.343 e. The van der Waals surface area contributed by atoms with Crippen molar-refractivity contribution in [3.8, 4) is 0 Å². The van der Waals surface area contributed by atoms with Crippen LogP contribution in [0, 0.1) is 13.8 Å². The molecule has 7 heteroatoms. The standard InChI is InChI=1S/C21H30N6O/c1-15-12-16(2)27(25-15)9-3-4-20(28)26-10-6-17(7-11-26)21-23-14-18-13-22-8-5-19(18)24-21/h12,14,17,22H,3-11,13H2,1-2H3. The Morgan fingerprint density at radius 2 is 2.11 bits per heavy atom. The largest absolute Gasteiger partial charge is 0.343 e. The van der Waals surface area contributed by atoms with Crippen LogP contribution in [0.25, 0.3) is 0 Å². The molecule has 7 nitrogen and oxygen atoms in total. The molecule has 0 aliphatic carbocycles. The molecule has 1 N–H and O–H groups in total. The fourth-order valence-corrected chi connectivity index (χ4v) is 4.27. The van der Waals surface area contributed by atoms with Crippen molar-refractivity contribution in [3.63, 3.8) is 0 Å². The zero-order valence-corrected chi connectivity index (χ0v) is 16.9. The number of fused-ring (bicyclic) bond motifs is 1. The molecule has 28 heavy (non-hydrogen) atoms. The van der Waals surface area contributed by atoms with Crippen LogP contribution in [0.5, 0.6) is 0 Å². The first-order valence-corrected chi connectivity index (χ1v) is 10.4. The number of nitrogens with zero attached hydrogens (tertiary/aromatic N) is 5. The van der Waals surface area contributed by atoms with Crippen molar-refractivity contribution >= 4 is 5.91 Å². The minimum absolute atomic E-state index is 0.261.